The van der Waals surface area contributed by atoms with Crippen molar-refractivity contribution in [3.05, 3.63) is 71.3 Å². The van der Waals surface area contributed by atoms with Crippen molar-refractivity contribution in [2.24, 2.45) is 0 Å². The largest absolute Gasteiger partial charge is 0.314 e. The number of piperidine rings is 1. The maximum Gasteiger partial charge on any atom is 0.126 e. The van der Waals surface area contributed by atoms with Gasteiger partial charge in [0.15, 0.2) is 0 Å². The summed E-state index contributed by atoms with van der Waals surface area (Å²) in [4.78, 5) is 2.52. The maximum absolute atomic E-state index is 13.2. The molecule has 4 heteroatoms. The quantitative estimate of drug-likeness (QED) is 0.822. The standard InChI is InChI=1S/C21H26F2N2/c22-19-14-18(15-20(23)16-19)6-10-24-21-8-12-25(13-9-21)11-7-17-4-2-1-3-5-17/h1-5,14-16,21,24H,6-13H2. The van der Waals surface area contributed by atoms with Crippen LogP contribution in [0.25, 0.3) is 0 Å². The van der Waals surface area contributed by atoms with Crippen LogP contribution in [-0.4, -0.2) is 37.1 Å². The van der Waals surface area contributed by atoms with Crippen LogP contribution in [0.4, 0.5) is 8.78 Å². The van der Waals surface area contributed by atoms with Crippen molar-refractivity contribution in [3.8, 4) is 0 Å². The number of halogens is 2. The molecule has 1 fully saturated rings. The van der Waals surface area contributed by atoms with E-state index in [4.69, 9.17) is 0 Å². The molecule has 0 bridgehead atoms. The molecule has 0 aliphatic carbocycles. The molecule has 2 nitrogen and oxygen atoms in total. The molecule has 2 aromatic carbocycles. The number of nitrogens with one attached hydrogen (secondary N) is 1. The van der Waals surface area contributed by atoms with Gasteiger partial charge < -0.3 is 10.2 Å². The fraction of sp³-hybridized carbons (Fsp3) is 0.429. The van der Waals surface area contributed by atoms with Gasteiger partial charge in [-0.05, 0) is 68.6 Å². The van der Waals surface area contributed by atoms with Crippen molar-refractivity contribution in [1.82, 2.24) is 10.2 Å². The molecule has 134 valence electrons. The SMILES string of the molecule is Fc1cc(F)cc(CCNC2CCN(CCc3ccccc3)CC2)c1. The molecule has 1 heterocycles. The zero-order valence-electron chi connectivity index (χ0n) is 14.6. The van der Waals surface area contributed by atoms with Crippen molar-refractivity contribution in [1.29, 1.82) is 0 Å². The Balaban J connectivity index is 1.34. The first-order valence-electron chi connectivity index (χ1n) is 9.14. The first kappa shape index (κ1) is 18.0. The molecule has 0 aromatic heterocycles. The lowest BCUT2D eigenvalue weighted by molar-refractivity contribution is 0.200. The molecule has 0 unspecified atom stereocenters. The minimum atomic E-state index is -0.498. The van der Waals surface area contributed by atoms with E-state index < -0.39 is 11.6 Å². The smallest absolute Gasteiger partial charge is 0.126 e. The highest BCUT2D eigenvalue weighted by atomic mass is 19.1. The lowest BCUT2D eigenvalue weighted by Crippen LogP contribution is -2.43. The molecule has 0 saturated carbocycles. The second-order valence-electron chi connectivity index (χ2n) is 6.83. The van der Waals surface area contributed by atoms with Gasteiger partial charge in [-0.3, -0.25) is 0 Å². The molecule has 0 spiro atoms. The van der Waals surface area contributed by atoms with Crippen molar-refractivity contribution >= 4 is 0 Å². The van der Waals surface area contributed by atoms with Crippen LogP contribution in [0, 0.1) is 11.6 Å². The predicted molar refractivity (Wildman–Crippen MR) is 97.7 cm³/mol. The highest BCUT2D eigenvalue weighted by Gasteiger charge is 2.18. The summed E-state index contributed by atoms with van der Waals surface area (Å²) in [6.07, 6.45) is 4.02. The van der Waals surface area contributed by atoms with E-state index in [1.807, 2.05) is 0 Å². The van der Waals surface area contributed by atoms with E-state index in [9.17, 15) is 8.78 Å². The van der Waals surface area contributed by atoms with Gasteiger partial charge in [-0.1, -0.05) is 30.3 Å². The van der Waals surface area contributed by atoms with E-state index in [2.05, 4.69) is 40.5 Å². The van der Waals surface area contributed by atoms with Crippen LogP contribution in [0.2, 0.25) is 0 Å². The molecule has 1 N–H and O–H groups in total. The van der Waals surface area contributed by atoms with E-state index >= 15 is 0 Å². The Morgan fingerprint density at radius 1 is 0.880 bits per heavy atom. The summed E-state index contributed by atoms with van der Waals surface area (Å²) in [5, 5.41) is 3.53. The first-order chi connectivity index (χ1) is 12.2. The molecule has 2 aromatic rings. The average molecular weight is 344 g/mol. The van der Waals surface area contributed by atoms with Crippen molar-refractivity contribution in [2.45, 2.75) is 31.7 Å². The molecular formula is C21H26F2N2. The molecule has 0 atom stereocenters. The number of likely N-dealkylation sites (tertiary alicyclic amines) is 1. The van der Waals surface area contributed by atoms with Gasteiger partial charge in [-0.25, -0.2) is 8.78 Å². The van der Waals surface area contributed by atoms with Crippen LogP contribution in [-0.2, 0) is 12.8 Å². The summed E-state index contributed by atoms with van der Waals surface area (Å²) in [5.74, 6) is -0.997. The Labute approximate surface area is 148 Å². The Kier molecular flexibility index (Phi) is 6.54. The zero-order chi connectivity index (χ0) is 17.5. The molecule has 1 saturated heterocycles. The topological polar surface area (TPSA) is 15.3 Å². The molecule has 25 heavy (non-hydrogen) atoms. The van der Waals surface area contributed by atoms with Gasteiger partial charge in [0, 0.05) is 18.7 Å². The number of nitrogens with zero attached hydrogens (tertiary/aromatic N) is 1. The summed E-state index contributed by atoms with van der Waals surface area (Å²) in [6.45, 7) is 4.09. The highest BCUT2D eigenvalue weighted by Crippen LogP contribution is 2.12. The Bertz CT molecular complexity index is 632. The summed E-state index contributed by atoms with van der Waals surface area (Å²) in [6, 6.07) is 14.9. The van der Waals surface area contributed by atoms with E-state index in [-0.39, 0.29) is 0 Å². The van der Waals surface area contributed by atoms with Gasteiger partial charge in [-0.2, -0.15) is 0 Å². The summed E-state index contributed by atoms with van der Waals surface area (Å²) in [7, 11) is 0. The van der Waals surface area contributed by atoms with Gasteiger partial charge in [-0.15, -0.1) is 0 Å². The summed E-state index contributed by atoms with van der Waals surface area (Å²) < 4.78 is 26.4. The van der Waals surface area contributed by atoms with Gasteiger partial charge in [0.25, 0.3) is 0 Å². The van der Waals surface area contributed by atoms with E-state index in [1.54, 1.807) is 0 Å². The van der Waals surface area contributed by atoms with Gasteiger partial charge in [0.1, 0.15) is 11.6 Å². The van der Waals surface area contributed by atoms with E-state index in [0.29, 0.717) is 18.0 Å². The lowest BCUT2D eigenvalue weighted by Gasteiger charge is -2.32. The lowest BCUT2D eigenvalue weighted by atomic mass is 10.0. The third kappa shape index (κ3) is 5.91. The van der Waals surface area contributed by atoms with Crippen LogP contribution < -0.4 is 5.32 Å². The summed E-state index contributed by atoms with van der Waals surface area (Å²) >= 11 is 0. The van der Waals surface area contributed by atoms with Crippen LogP contribution in [0.3, 0.4) is 0 Å². The maximum atomic E-state index is 13.2. The number of rotatable bonds is 7. The third-order valence-electron chi connectivity index (χ3n) is 4.92. The van der Waals surface area contributed by atoms with Crippen molar-refractivity contribution in [2.75, 3.05) is 26.2 Å². The van der Waals surface area contributed by atoms with Crippen LogP contribution >= 0.6 is 0 Å². The van der Waals surface area contributed by atoms with Crippen LogP contribution in [0.5, 0.6) is 0 Å². The molecule has 3 rings (SSSR count). The number of benzene rings is 2. The van der Waals surface area contributed by atoms with Gasteiger partial charge >= 0.3 is 0 Å². The van der Waals surface area contributed by atoms with E-state index in [0.717, 1.165) is 51.5 Å². The fourth-order valence-electron chi connectivity index (χ4n) is 3.47. The molecule has 1 aliphatic rings. The van der Waals surface area contributed by atoms with Crippen molar-refractivity contribution < 1.29 is 8.78 Å². The fourth-order valence-corrected chi connectivity index (χ4v) is 3.47. The Morgan fingerprint density at radius 3 is 2.24 bits per heavy atom. The second-order valence-corrected chi connectivity index (χ2v) is 6.83. The predicted octanol–water partition coefficient (Wildman–Crippen LogP) is 3.80. The van der Waals surface area contributed by atoms with Crippen LogP contribution in [0.15, 0.2) is 48.5 Å². The number of hydrogen-bond donors (Lipinski definition) is 1. The Morgan fingerprint density at radius 2 is 1.56 bits per heavy atom. The average Bonchev–Trinajstić information content (AvgIpc) is 2.61. The number of hydrogen-bond acceptors (Lipinski definition) is 2. The Hall–Kier alpha value is -1.78. The van der Waals surface area contributed by atoms with Crippen molar-refractivity contribution in [3.63, 3.8) is 0 Å². The van der Waals surface area contributed by atoms with E-state index in [1.165, 1.54) is 17.7 Å². The minimum absolute atomic E-state index is 0.498. The second kappa shape index (κ2) is 9.07. The first-order valence-corrected chi connectivity index (χ1v) is 9.14. The van der Waals surface area contributed by atoms with Gasteiger partial charge in [0.2, 0.25) is 0 Å². The normalized spacial score (nSPS) is 16.2. The monoisotopic (exact) mass is 344 g/mol. The molecular weight excluding hydrogens is 318 g/mol. The molecule has 1 aliphatic heterocycles. The molecule has 0 amide bonds. The van der Waals surface area contributed by atoms with Crippen LogP contribution in [0.1, 0.15) is 24.0 Å². The zero-order valence-corrected chi connectivity index (χ0v) is 14.6. The third-order valence-corrected chi connectivity index (χ3v) is 4.92. The summed E-state index contributed by atoms with van der Waals surface area (Å²) in [5.41, 5.74) is 2.11. The molecule has 0 radical (unpaired) electrons. The highest BCUT2D eigenvalue weighted by molar-refractivity contribution is 5.18. The van der Waals surface area contributed by atoms with Gasteiger partial charge in [0.05, 0.1) is 0 Å². The minimum Gasteiger partial charge on any atom is -0.314 e.